The summed E-state index contributed by atoms with van der Waals surface area (Å²) < 4.78 is 11.0. The maximum atomic E-state index is 10.6. The Balaban J connectivity index is 1.20. The van der Waals surface area contributed by atoms with Gasteiger partial charge in [-0.05, 0) is 81.4 Å². The number of aromatic hydroxyl groups is 1. The molecule has 8 heteroatoms. The number of nitrogens with one attached hydrogen (secondary N) is 1. The largest absolute Gasteiger partial charge is 0.504 e. The van der Waals surface area contributed by atoms with Crippen LogP contribution in [0.5, 0.6) is 11.5 Å². The Morgan fingerprint density at radius 2 is 2.04 bits per heavy atom. The van der Waals surface area contributed by atoms with Gasteiger partial charge in [0.05, 0.1) is 24.5 Å². The number of benzene rings is 1. The molecule has 6 N–H and O–H groups in total. The molecule has 0 bridgehead atoms. The van der Waals surface area contributed by atoms with E-state index in [9.17, 15) is 20.4 Å². The molecule has 2 aliphatic carbocycles. The lowest BCUT2D eigenvalue weighted by molar-refractivity contribution is -0.0550. The van der Waals surface area contributed by atoms with Gasteiger partial charge in [-0.25, -0.2) is 0 Å². The monoisotopic (exact) mass is 637 g/mol. The number of nitrogens with zero attached hydrogens (tertiary/aromatic N) is 1. The summed E-state index contributed by atoms with van der Waals surface area (Å²) in [6.07, 6.45) is 18.1. The SMILES string of the molecule is CCCCC1[OH+][C-](CCc2ccc(O)c(OCCC3=C[C+]4C(=N3)CCC3CCCC3C4C(CCCO)NCC(C)O)c2)C=C1CO. The van der Waals surface area contributed by atoms with Gasteiger partial charge >= 0.3 is 0 Å². The third-order valence-electron chi connectivity index (χ3n) is 10.4. The van der Waals surface area contributed by atoms with Crippen LogP contribution in [0.15, 0.2) is 46.6 Å². The zero-order valence-corrected chi connectivity index (χ0v) is 28.0. The molecule has 254 valence electrons. The zero-order chi connectivity index (χ0) is 32.5. The van der Waals surface area contributed by atoms with Gasteiger partial charge in [-0.1, -0.05) is 32.3 Å². The van der Waals surface area contributed by atoms with Crippen LogP contribution in [0.25, 0.3) is 0 Å². The molecule has 0 radical (unpaired) electrons. The van der Waals surface area contributed by atoms with Crippen molar-refractivity contribution in [1.82, 2.24) is 5.32 Å². The first kappa shape index (κ1) is 34.8. The van der Waals surface area contributed by atoms with Crippen LogP contribution in [0, 0.1) is 29.8 Å². The van der Waals surface area contributed by atoms with Gasteiger partial charge in [0.2, 0.25) is 0 Å². The third-order valence-corrected chi connectivity index (χ3v) is 10.4. The molecular weight excluding hydrogens is 580 g/mol. The molecule has 6 unspecified atom stereocenters. The number of hydrogen-bond donors (Lipinski definition) is 5. The van der Waals surface area contributed by atoms with Crippen molar-refractivity contribution in [2.45, 2.75) is 116 Å². The number of rotatable bonds is 18. The highest BCUT2D eigenvalue weighted by atomic mass is 16.5. The molecule has 2 saturated carbocycles. The number of allylic oxidation sites excluding steroid dienone is 1. The molecule has 46 heavy (non-hydrogen) atoms. The topological polar surface area (TPSA) is 127 Å². The minimum Gasteiger partial charge on any atom is -0.504 e. The van der Waals surface area contributed by atoms with Crippen LogP contribution in [0.1, 0.15) is 96.5 Å². The zero-order valence-electron chi connectivity index (χ0n) is 28.0. The van der Waals surface area contributed by atoms with E-state index in [1.807, 2.05) is 19.1 Å². The van der Waals surface area contributed by atoms with E-state index in [2.05, 4.69) is 24.4 Å². The molecule has 2 heterocycles. The van der Waals surface area contributed by atoms with E-state index in [1.54, 1.807) is 6.07 Å². The number of phenolic OH excluding ortho intramolecular Hbond substituents is 1. The molecule has 1 aromatic carbocycles. The van der Waals surface area contributed by atoms with Crippen LogP contribution in [-0.2, 0) is 6.42 Å². The van der Waals surface area contributed by atoms with Gasteiger partial charge in [0, 0.05) is 38.6 Å². The van der Waals surface area contributed by atoms with Crippen molar-refractivity contribution < 1.29 is 29.9 Å². The Labute approximate surface area is 276 Å². The van der Waals surface area contributed by atoms with Gasteiger partial charge in [-0.2, -0.15) is 0 Å². The Hall–Kier alpha value is -2.49. The molecule has 8 nitrogen and oxygen atoms in total. The summed E-state index contributed by atoms with van der Waals surface area (Å²) in [5.74, 6) is 3.61. The molecule has 5 rings (SSSR count). The summed E-state index contributed by atoms with van der Waals surface area (Å²) in [5, 5.41) is 43.7. The second kappa shape index (κ2) is 17.1. The summed E-state index contributed by atoms with van der Waals surface area (Å²) in [6, 6.07) is 5.77. The average Bonchev–Trinajstić information content (AvgIpc) is 3.77. The van der Waals surface area contributed by atoms with Crippen molar-refractivity contribution in [3.05, 3.63) is 59.2 Å². The van der Waals surface area contributed by atoms with Crippen molar-refractivity contribution in [2.24, 2.45) is 22.7 Å². The number of unbranched alkanes of at least 4 members (excludes halogenated alkanes) is 1. The Kier molecular flexibility index (Phi) is 12.9. The predicted octanol–water partition coefficient (Wildman–Crippen LogP) is 5.50. The van der Waals surface area contributed by atoms with Gasteiger partial charge < -0.3 is 35.2 Å². The van der Waals surface area contributed by atoms with Crippen LogP contribution in [0.4, 0.5) is 0 Å². The lowest BCUT2D eigenvalue weighted by Gasteiger charge is -2.33. The van der Waals surface area contributed by atoms with E-state index in [4.69, 9.17) is 14.5 Å². The van der Waals surface area contributed by atoms with Gasteiger partial charge in [-0.15, -0.1) is 16.6 Å². The second-order valence-corrected chi connectivity index (χ2v) is 13.9. The number of aliphatic hydroxyl groups is 5. The van der Waals surface area contributed by atoms with Gasteiger partial charge in [0.25, 0.3) is 0 Å². The van der Waals surface area contributed by atoms with E-state index in [-0.39, 0.29) is 31.1 Å². The average molecular weight is 638 g/mol. The lowest BCUT2D eigenvalue weighted by atomic mass is 9.72. The van der Waals surface area contributed by atoms with E-state index < -0.39 is 6.10 Å². The number of fused-ring (bicyclic) bond motifs is 2. The molecule has 0 amide bonds. The van der Waals surface area contributed by atoms with Crippen LogP contribution in [-0.4, -0.2) is 75.5 Å². The minimum absolute atomic E-state index is 0.0612. The number of aliphatic imine (C=N–C) groups is 1. The first-order valence-electron chi connectivity index (χ1n) is 17.9. The van der Waals surface area contributed by atoms with Crippen molar-refractivity contribution in [1.29, 1.82) is 0 Å². The smallest absolute Gasteiger partial charge is 0.178 e. The molecule has 2 aliphatic heterocycles. The van der Waals surface area contributed by atoms with Gasteiger partial charge in [0.15, 0.2) is 17.2 Å². The summed E-state index contributed by atoms with van der Waals surface area (Å²) in [5.41, 5.74) is 4.33. The molecule has 4 aliphatic rings. The summed E-state index contributed by atoms with van der Waals surface area (Å²) >= 11 is 0. The van der Waals surface area contributed by atoms with Crippen LogP contribution in [0.2, 0.25) is 0 Å². The van der Waals surface area contributed by atoms with Crippen molar-refractivity contribution >= 4 is 5.71 Å². The standard InChI is InChI=1S/C38H56N2O6/c1-3-4-10-36-28(24-42)21-30(46-36)14-11-26-12-16-35(44)37(20-26)45-19-17-29-22-32-33(40-29)15-13-27-7-5-8-31(27)38(32)34(9-6-18-41)39-23-25(2)43/h12,16,20-22,25,27,31,34,36,38-39,41-43,46H,3-11,13-15,17-19,23-24H2,1-2H3/p+1. The molecular formula is C38H57N2O6+. The lowest BCUT2D eigenvalue weighted by Crippen LogP contribution is -2.46. The van der Waals surface area contributed by atoms with Crippen LogP contribution in [0.3, 0.4) is 0 Å². The van der Waals surface area contributed by atoms with Crippen LogP contribution >= 0.6 is 0 Å². The molecule has 0 aromatic heterocycles. The van der Waals surface area contributed by atoms with Gasteiger partial charge in [0.1, 0.15) is 30.4 Å². The number of aliphatic hydroxyl groups excluding tert-OH is 3. The number of phenols is 1. The fourth-order valence-electron chi connectivity index (χ4n) is 8.09. The van der Waals surface area contributed by atoms with E-state index in [0.29, 0.717) is 43.1 Å². The second-order valence-electron chi connectivity index (χ2n) is 13.9. The Morgan fingerprint density at radius 3 is 2.83 bits per heavy atom. The normalized spacial score (nSPS) is 25.5. The fraction of sp³-hybridized carbons (Fsp3) is 0.658. The quantitative estimate of drug-likeness (QED) is 0.107. The highest BCUT2D eigenvalue weighted by Gasteiger charge is 2.51. The Morgan fingerprint density at radius 1 is 1.17 bits per heavy atom. The molecule has 6 atom stereocenters. The highest BCUT2D eigenvalue weighted by molar-refractivity contribution is 6.03. The van der Waals surface area contributed by atoms with Crippen molar-refractivity contribution in [3.63, 3.8) is 0 Å². The summed E-state index contributed by atoms with van der Waals surface area (Å²) in [7, 11) is 0. The molecule has 0 saturated heterocycles. The summed E-state index contributed by atoms with van der Waals surface area (Å²) in [4.78, 5) is 5.12. The van der Waals surface area contributed by atoms with E-state index >= 15 is 0 Å². The van der Waals surface area contributed by atoms with Crippen LogP contribution < -0.4 is 10.1 Å². The summed E-state index contributed by atoms with van der Waals surface area (Å²) in [6.45, 7) is 5.20. The maximum absolute atomic E-state index is 10.6. The molecule has 0 spiro atoms. The minimum atomic E-state index is -0.419. The number of ether oxygens (including phenoxy) is 2. The molecule has 1 aromatic rings. The number of aryl methyl sites for hydroxylation is 1. The van der Waals surface area contributed by atoms with E-state index in [1.165, 1.54) is 37.3 Å². The molecule has 2 fully saturated rings. The number of hydrogen-bond acceptors (Lipinski definition) is 7. The Bertz CT molecular complexity index is 1210. The predicted molar refractivity (Wildman–Crippen MR) is 183 cm³/mol. The first-order chi connectivity index (χ1) is 22.4. The first-order valence-corrected chi connectivity index (χ1v) is 17.9. The maximum Gasteiger partial charge on any atom is 0.178 e. The highest BCUT2D eigenvalue weighted by Crippen LogP contribution is 2.50. The van der Waals surface area contributed by atoms with Gasteiger partial charge in [-0.3, -0.25) is 0 Å². The third kappa shape index (κ3) is 8.90. The van der Waals surface area contributed by atoms with E-state index in [0.717, 1.165) is 74.3 Å². The van der Waals surface area contributed by atoms with Crippen molar-refractivity contribution in [2.75, 3.05) is 26.4 Å². The fourth-order valence-corrected chi connectivity index (χ4v) is 8.09. The van der Waals surface area contributed by atoms with Crippen molar-refractivity contribution in [3.8, 4) is 11.5 Å².